The molecule has 0 unspecified atom stereocenters. The Kier molecular flexibility index (Phi) is 9.15. The van der Waals surface area contributed by atoms with Crippen molar-refractivity contribution in [2.45, 2.75) is 52.0 Å². The summed E-state index contributed by atoms with van der Waals surface area (Å²) in [4.78, 5) is 16.5. The first-order valence-electron chi connectivity index (χ1n) is 12.3. The van der Waals surface area contributed by atoms with Crippen molar-refractivity contribution in [3.63, 3.8) is 0 Å². The maximum absolute atomic E-state index is 12.4. The van der Waals surface area contributed by atoms with Gasteiger partial charge in [-0.15, -0.1) is 4.72 Å². The zero-order chi connectivity index (χ0) is 27.3. The van der Waals surface area contributed by atoms with Crippen molar-refractivity contribution < 1.29 is 23.2 Å². The van der Waals surface area contributed by atoms with Gasteiger partial charge in [0.15, 0.2) is 0 Å². The van der Waals surface area contributed by atoms with Gasteiger partial charge in [0.25, 0.3) is 0 Å². The van der Waals surface area contributed by atoms with Gasteiger partial charge in [0.05, 0.1) is 31.5 Å². The number of benzene rings is 2. The van der Waals surface area contributed by atoms with Gasteiger partial charge in [0.1, 0.15) is 22.7 Å². The summed E-state index contributed by atoms with van der Waals surface area (Å²) in [7, 11) is 0. The molecule has 2 aromatic heterocycles. The Hall–Kier alpha value is -2.85. The van der Waals surface area contributed by atoms with Crippen LogP contribution in [-0.4, -0.2) is 26.9 Å². The molecule has 0 amide bonds. The van der Waals surface area contributed by atoms with Gasteiger partial charge in [0, 0.05) is 38.5 Å². The molecule has 0 radical (unpaired) electrons. The van der Waals surface area contributed by atoms with Gasteiger partial charge in [-0.05, 0) is 81.3 Å². The fourth-order valence-electron chi connectivity index (χ4n) is 3.88. The minimum atomic E-state index is -1.20. The standard InChI is InChI=1S/C29H31BrN2O5S/c1-5-35-27(33)15-21-6-7-23(30)16-26(21)37-18-19-12-22-9-11-36-28(22)25(13-19)20-8-10-31-24(14-20)17-32-38(34)29(2,3)4/h6-14,16,32H,5,15,17-18H2,1-4H3/t38-/m0/s1. The van der Waals surface area contributed by atoms with Gasteiger partial charge in [-0.3, -0.25) is 9.78 Å². The highest BCUT2D eigenvalue weighted by molar-refractivity contribution is 9.10. The number of nitrogens with one attached hydrogen (secondary N) is 1. The lowest BCUT2D eigenvalue weighted by Gasteiger charge is -2.23. The van der Waals surface area contributed by atoms with E-state index in [1.807, 2.05) is 69.3 Å². The van der Waals surface area contributed by atoms with Crippen LogP contribution in [0.5, 0.6) is 5.75 Å². The average Bonchev–Trinajstić information content (AvgIpc) is 3.35. The number of esters is 1. The van der Waals surface area contributed by atoms with Crippen molar-refractivity contribution in [2.24, 2.45) is 0 Å². The van der Waals surface area contributed by atoms with Crippen molar-refractivity contribution in [2.75, 3.05) is 6.61 Å². The molecule has 200 valence electrons. The number of fused-ring (bicyclic) bond motifs is 1. The lowest BCUT2D eigenvalue weighted by atomic mass is 10.0. The van der Waals surface area contributed by atoms with Gasteiger partial charge in [-0.25, -0.2) is 0 Å². The van der Waals surface area contributed by atoms with Crippen LogP contribution in [0.3, 0.4) is 0 Å². The SMILES string of the molecule is CCOC(=O)Cc1ccc(Br)cc1OCc1cc(-c2ccnc(CN[S@@+]([O-])C(C)(C)C)c2)c2occc2c1. The third-order valence-electron chi connectivity index (χ3n) is 5.74. The highest BCUT2D eigenvalue weighted by Gasteiger charge is 2.26. The Labute approximate surface area is 234 Å². The maximum Gasteiger partial charge on any atom is 0.310 e. The van der Waals surface area contributed by atoms with E-state index in [4.69, 9.17) is 13.9 Å². The molecular weight excluding hydrogens is 568 g/mol. The van der Waals surface area contributed by atoms with Crippen LogP contribution in [0.15, 0.2) is 69.9 Å². The Morgan fingerprint density at radius 3 is 2.74 bits per heavy atom. The lowest BCUT2D eigenvalue weighted by Crippen LogP contribution is -2.39. The van der Waals surface area contributed by atoms with Crippen LogP contribution in [-0.2, 0) is 40.5 Å². The first-order chi connectivity index (χ1) is 18.1. The van der Waals surface area contributed by atoms with E-state index in [-0.39, 0.29) is 17.1 Å². The van der Waals surface area contributed by atoms with E-state index < -0.39 is 11.4 Å². The first kappa shape index (κ1) is 28.2. The Morgan fingerprint density at radius 1 is 1.16 bits per heavy atom. The Bertz CT molecular complexity index is 1420. The van der Waals surface area contributed by atoms with Crippen LogP contribution in [0.2, 0.25) is 0 Å². The first-order valence-corrected chi connectivity index (χ1v) is 14.3. The quantitative estimate of drug-likeness (QED) is 0.164. The summed E-state index contributed by atoms with van der Waals surface area (Å²) >= 11 is 2.29. The number of nitrogens with zero attached hydrogens (tertiary/aromatic N) is 1. The number of ether oxygens (including phenoxy) is 2. The van der Waals surface area contributed by atoms with Gasteiger partial charge in [0.2, 0.25) is 0 Å². The van der Waals surface area contributed by atoms with Gasteiger partial charge in [-0.1, -0.05) is 22.0 Å². The van der Waals surface area contributed by atoms with Crippen molar-refractivity contribution in [1.82, 2.24) is 9.71 Å². The van der Waals surface area contributed by atoms with Crippen molar-refractivity contribution >= 4 is 44.2 Å². The largest absolute Gasteiger partial charge is 0.598 e. The predicted molar refractivity (Wildman–Crippen MR) is 153 cm³/mol. The number of carbonyl (C=O) groups excluding carboxylic acids is 1. The summed E-state index contributed by atoms with van der Waals surface area (Å²) in [6, 6.07) is 15.5. The molecule has 0 fully saturated rings. The van der Waals surface area contributed by atoms with E-state index in [2.05, 4.69) is 25.6 Å². The smallest absolute Gasteiger partial charge is 0.310 e. The molecule has 0 saturated heterocycles. The van der Waals surface area contributed by atoms with Crippen LogP contribution < -0.4 is 9.46 Å². The zero-order valence-electron chi connectivity index (χ0n) is 21.9. The summed E-state index contributed by atoms with van der Waals surface area (Å²) in [6.07, 6.45) is 3.55. The molecule has 1 atom stereocenters. The number of rotatable bonds is 10. The minimum Gasteiger partial charge on any atom is -0.598 e. The molecule has 0 bridgehead atoms. The fraction of sp³-hybridized carbons (Fsp3) is 0.310. The number of carbonyl (C=O) groups is 1. The molecule has 0 aliphatic carbocycles. The lowest BCUT2D eigenvalue weighted by molar-refractivity contribution is -0.142. The van der Waals surface area contributed by atoms with E-state index in [0.717, 1.165) is 43.4 Å². The second-order valence-corrected chi connectivity index (χ2v) is 12.7. The second kappa shape index (κ2) is 12.3. The molecule has 1 N–H and O–H groups in total. The van der Waals surface area contributed by atoms with Crippen molar-refractivity contribution in [1.29, 1.82) is 0 Å². The molecule has 4 rings (SSSR count). The van der Waals surface area contributed by atoms with E-state index in [1.54, 1.807) is 19.4 Å². The maximum atomic E-state index is 12.4. The molecule has 7 nitrogen and oxygen atoms in total. The molecule has 0 aliphatic heterocycles. The summed E-state index contributed by atoms with van der Waals surface area (Å²) in [6.45, 7) is 8.58. The number of halogens is 1. The Morgan fingerprint density at radius 2 is 1.97 bits per heavy atom. The monoisotopic (exact) mass is 598 g/mol. The van der Waals surface area contributed by atoms with Crippen LogP contribution in [0, 0.1) is 0 Å². The molecule has 4 aromatic rings. The highest BCUT2D eigenvalue weighted by atomic mass is 79.9. The number of furan rings is 1. The molecule has 0 saturated carbocycles. The van der Waals surface area contributed by atoms with Crippen LogP contribution in [0.25, 0.3) is 22.1 Å². The average molecular weight is 600 g/mol. The molecule has 9 heteroatoms. The third kappa shape index (κ3) is 7.17. The topological polar surface area (TPSA) is 96.7 Å². The number of hydrogen-bond acceptors (Lipinski definition) is 7. The van der Waals surface area contributed by atoms with E-state index in [0.29, 0.717) is 25.5 Å². The van der Waals surface area contributed by atoms with Crippen LogP contribution >= 0.6 is 15.9 Å². The van der Waals surface area contributed by atoms with E-state index >= 15 is 0 Å². The second-order valence-electron chi connectivity index (χ2n) is 9.74. The Balaban J connectivity index is 1.58. The zero-order valence-corrected chi connectivity index (χ0v) is 24.3. The van der Waals surface area contributed by atoms with E-state index in [1.165, 1.54) is 0 Å². The molecule has 0 aliphatic rings. The van der Waals surface area contributed by atoms with Crippen molar-refractivity contribution in [3.8, 4) is 16.9 Å². The fourth-order valence-corrected chi connectivity index (χ4v) is 4.93. The summed E-state index contributed by atoms with van der Waals surface area (Å²) in [5.41, 5.74) is 5.09. The summed E-state index contributed by atoms with van der Waals surface area (Å²) in [5.74, 6) is 0.321. The molecule has 0 spiro atoms. The molecule has 2 aromatic carbocycles. The summed E-state index contributed by atoms with van der Waals surface area (Å²) < 4.78 is 33.1. The van der Waals surface area contributed by atoms with Crippen LogP contribution in [0.1, 0.15) is 44.5 Å². The number of hydrogen-bond donors (Lipinski definition) is 1. The van der Waals surface area contributed by atoms with Gasteiger partial charge < -0.3 is 18.4 Å². The van der Waals surface area contributed by atoms with E-state index in [9.17, 15) is 9.35 Å². The van der Waals surface area contributed by atoms with Gasteiger partial charge >= 0.3 is 5.97 Å². The van der Waals surface area contributed by atoms with Gasteiger partial charge in [-0.2, -0.15) is 0 Å². The highest BCUT2D eigenvalue weighted by Crippen LogP contribution is 2.32. The number of pyridine rings is 1. The molecule has 38 heavy (non-hydrogen) atoms. The molecule has 2 heterocycles. The summed E-state index contributed by atoms with van der Waals surface area (Å²) in [5, 5.41) is 0.951. The molecular formula is C29H31BrN2O5S. The normalized spacial score (nSPS) is 12.5. The third-order valence-corrected chi connectivity index (χ3v) is 7.75. The minimum absolute atomic E-state index is 0.135. The van der Waals surface area contributed by atoms with Crippen molar-refractivity contribution in [3.05, 3.63) is 82.3 Å². The predicted octanol–water partition coefficient (Wildman–Crippen LogP) is 6.49. The number of aromatic nitrogens is 1. The van der Waals surface area contributed by atoms with Crippen LogP contribution in [0.4, 0.5) is 0 Å².